The molecule has 2 aliphatic rings. The lowest BCUT2D eigenvalue weighted by atomic mass is 9.99. The zero-order valence-corrected chi connectivity index (χ0v) is 26.4. The smallest absolute Gasteiger partial charge is 0.303 e. The van der Waals surface area contributed by atoms with Gasteiger partial charge in [-0.2, -0.15) is 0 Å². The highest BCUT2D eigenvalue weighted by molar-refractivity contribution is 9.09. The molecule has 11 heteroatoms. The SMILES string of the molecule is CC(=O)O[C@@H]1[C@H](Br)[C@@H](O[C@@H]2[C@@H](C)O[C@H](OCc3ccccc3)C[C@H]2OCc2ccccc2)O[C@H](CBr)[C@H]1OC(C)=O. The molecular formula is C30H36Br2O9. The topological polar surface area (TPSA) is 98.8 Å². The van der Waals surface area contributed by atoms with Crippen LogP contribution in [0.4, 0.5) is 0 Å². The van der Waals surface area contributed by atoms with E-state index in [2.05, 4.69) is 31.9 Å². The fourth-order valence-electron chi connectivity index (χ4n) is 4.92. The van der Waals surface area contributed by atoms with Crippen LogP contribution in [0.5, 0.6) is 0 Å². The Hall–Kier alpha value is -1.86. The van der Waals surface area contributed by atoms with Crippen molar-refractivity contribution in [2.45, 2.75) is 94.4 Å². The van der Waals surface area contributed by atoms with Crippen LogP contribution in [-0.2, 0) is 56.0 Å². The van der Waals surface area contributed by atoms with Crippen molar-refractivity contribution in [2.24, 2.45) is 0 Å². The first-order chi connectivity index (χ1) is 19.7. The van der Waals surface area contributed by atoms with Gasteiger partial charge in [-0.1, -0.05) is 92.5 Å². The summed E-state index contributed by atoms with van der Waals surface area (Å²) in [7, 11) is 0. The van der Waals surface area contributed by atoms with Crippen LogP contribution in [0.3, 0.4) is 0 Å². The minimum atomic E-state index is -0.866. The highest BCUT2D eigenvalue weighted by Crippen LogP contribution is 2.36. The van der Waals surface area contributed by atoms with Gasteiger partial charge in [-0.05, 0) is 18.1 Å². The van der Waals surface area contributed by atoms with E-state index in [9.17, 15) is 9.59 Å². The number of esters is 2. The third kappa shape index (κ3) is 9.06. The molecular weight excluding hydrogens is 664 g/mol. The second-order valence-corrected chi connectivity index (χ2v) is 11.7. The Morgan fingerprint density at radius 3 is 1.95 bits per heavy atom. The number of carbonyl (C=O) groups excluding carboxylic acids is 2. The summed E-state index contributed by atoms with van der Waals surface area (Å²) in [5.41, 5.74) is 2.07. The maximum atomic E-state index is 12.0. The third-order valence-corrected chi connectivity index (χ3v) is 8.42. The predicted octanol–water partition coefficient (Wildman–Crippen LogP) is 5.06. The van der Waals surface area contributed by atoms with Gasteiger partial charge < -0.3 is 33.2 Å². The van der Waals surface area contributed by atoms with E-state index in [1.807, 2.05) is 67.6 Å². The van der Waals surface area contributed by atoms with E-state index in [1.54, 1.807) is 0 Å². The van der Waals surface area contributed by atoms with Gasteiger partial charge in [-0.15, -0.1) is 0 Å². The lowest BCUT2D eigenvalue weighted by Crippen LogP contribution is -2.61. The Labute approximate surface area is 257 Å². The first-order valence-electron chi connectivity index (χ1n) is 13.6. The summed E-state index contributed by atoms with van der Waals surface area (Å²) in [6, 6.07) is 19.8. The molecule has 0 radical (unpaired) electrons. The summed E-state index contributed by atoms with van der Waals surface area (Å²) in [4.78, 5) is 23.2. The van der Waals surface area contributed by atoms with Crippen molar-refractivity contribution in [1.82, 2.24) is 0 Å². The van der Waals surface area contributed by atoms with Crippen LogP contribution in [-0.4, -0.2) is 71.3 Å². The molecule has 0 aromatic heterocycles. The molecule has 0 aliphatic carbocycles. The molecule has 2 aliphatic heterocycles. The quantitative estimate of drug-likeness (QED) is 0.236. The summed E-state index contributed by atoms with van der Waals surface area (Å²) in [6.45, 7) is 5.29. The summed E-state index contributed by atoms with van der Waals surface area (Å²) in [5, 5.41) is 0.322. The van der Waals surface area contributed by atoms with E-state index >= 15 is 0 Å². The van der Waals surface area contributed by atoms with E-state index in [4.69, 9.17) is 33.2 Å². The van der Waals surface area contributed by atoms with Gasteiger partial charge in [0.15, 0.2) is 24.8 Å². The van der Waals surface area contributed by atoms with Crippen LogP contribution in [0.15, 0.2) is 60.7 Å². The number of halogens is 2. The van der Waals surface area contributed by atoms with Crippen molar-refractivity contribution < 1.29 is 42.7 Å². The lowest BCUT2D eigenvalue weighted by Gasteiger charge is -2.46. The molecule has 2 aromatic carbocycles. The number of benzene rings is 2. The number of hydrogen-bond acceptors (Lipinski definition) is 9. The lowest BCUT2D eigenvalue weighted by molar-refractivity contribution is -0.315. The van der Waals surface area contributed by atoms with Gasteiger partial charge in [0.1, 0.15) is 17.0 Å². The summed E-state index contributed by atoms with van der Waals surface area (Å²) in [6.07, 6.45) is -4.61. The average Bonchev–Trinajstić information content (AvgIpc) is 2.96. The summed E-state index contributed by atoms with van der Waals surface area (Å²) < 4.78 is 42.6. The molecule has 0 amide bonds. The van der Waals surface area contributed by atoms with Crippen LogP contribution < -0.4 is 0 Å². The van der Waals surface area contributed by atoms with Crippen molar-refractivity contribution in [2.75, 3.05) is 5.33 Å². The molecule has 0 bridgehead atoms. The fraction of sp³-hybridized carbons (Fsp3) is 0.533. The summed E-state index contributed by atoms with van der Waals surface area (Å²) in [5.74, 6) is -1.02. The van der Waals surface area contributed by atoms with Gasteiger partial charge in [0.05, 0.1) is 25.4 Å². The van der Waals surface area contributed by atoms with Crippen molar-refractivity contribution in [3.63, 3.8) is 0 Å². The number of hydrogen-bond donors (Lipinski definition) is 0. The van der Waals surface area contributed by atoms with Crippen LogP contribution in [0.2, 0.25) is 0 Å². The van der Waals surface area contributed by atoms with E-state index in [1.165, 1.54) is 13.8 Å². The normalized spacial score (nSPS) is 31.8. The van der Waals surface area contributed by atoms with Gasteiger partial charge in [-0.3, -0.25) is 9.59 Å². The van der Waals surface area contributed by atoms with Gasteiger partial charge in [-0.25, -0.2) is 0 Å². The van der Waals surface area contributed by atoms with Crippen LogP contribution >= 0.6 is 31.9 Å². The maximum absolute atomic E-state index is 12.0. The molecule has 9 nitrogen and oxygen atoms in total. The molecule has 2 heterocycles. The summed E-state index contributed by atoms with van der Waals surface area (Å²) >= 11 is 7.03. The number of alkyl halides is 2. The van der Waals surface area contributed by atoms with Crippen LogP contribution in [0, 0.1) is 0 Å². The van der Waals surface area contributed by atoms with Crippen LogP contribution in [0.1, 0.15) is 38.3 Å². The van der Waals surface area contributed by atoms with Crippen molar-refractivity contribution in [3.8, 4) is 0 Å². The minimum absolute atomic E-state index is 0.322. The van der Waals surface area contributed by atoms with E-state index in [-0.39, 0.29) is 0 Å². The molecule has 0 saturated carbocycles. The van der Waals surface area contributed by atoms with Gasteiger partial charge in [0.2, 0.25) is 0 Å². The molecule has 2 fully saturated rings. The molecule has 9 atom stereocenters. The second-order valence-electron chi connectivity index (χ2n) is 10.0. The monoisotopic (exact) mass is 698 g/mol. The Morgan fingerprint density at radius 2 is 1.39 bits per heavy atom. The maximum Gasteiger partial charge on any atom is 0.303 e. The van der Waals surface area contributed by atoms with Crippen LogP contribution in [0.25, 0.3) is 0 Å². The van der Waals surface area contributed by atoms with Gasteiger partial charge in [0, 0.05) is 25.6 Å². The van der Waals surface area contributed by atoms with E-state index in [0.29, 0.717) is 25.0 Å². The molecule has 2 saturated heterocycles. The highest BCUT2D eigenvalue weighted by atomic mass is 79.9. The Kier molecular flexibility index (Phi) is 12.2. The largest absolute Gasteiger partial charge is 0.457 e. The Morgan fingerprint density at radius 1 is 0.829 bits per heavy atom. The zero-order valence-electron chi connectivity index (χ0n) is 23.2. The minimum Gasteiger partial charge on any atom is -0.457 e. The number of carbonyl (C=O) groups is 2. The number of rotatable bonds is 11. The van der Waals surface area contributed by atoms with E-state index < -0.39 is 66.0 Å². The average molecular weight is 700 g/mol. The first-order valence-corrected chi connectivity index (χ1v) is 15.6. The third-order valence-electron chi connectivity index (χ3n) is 6.83. The Balaban J connectivity index is 1.51. The second kappa shape index (κ2) is 15.6. The number of ether oxygens (including phenoxy) is 7. The van der Waals surface area contributed by atoms with Gasteiger partial charge >= 0.3 is 11.9 Å². The van der Waals surface area contributed by atoms with E-state index in [0.717, 1.165) is 11.1 Å². The first kappa shape index (κ1) is 32.1. The molecule has 0 unspecified atom stereocenters. The predicted molar refractivity (Wildman–Crippen MR) is 156 cm³/mol. The fourth-order valence-corrected chi connectivity index (χ4v) is 6.10. The molecule has 2 aromatic rings. The molecule has 4 rings (SSSR count). The molecule has 0 spiro atoms. The molecule has 0 N–H and O–H groups in total. The molecule has 224 valence electrons. The standard InChI is InChI=1S/C30H36Br2O9/c1-18-27(41-30-26(32)29(39-20(3)34)28(38-19(2)33)24(15-31)40-30)23(35-16-21-10-6-4-7-11-21)14-25(37-18)36-17-22-12-8-5-9-13-22/h4-13,18,23-30H,14-17H2,1-3H3/t18-,23-,24-,25+,26+,27-,28-,29-,30-/m1/s1. The Bertz CT molecular complexity index is 1110. The highest BCUT2D eigenvalue weighted by Gasteiger charge is 2.51. The zero-order chi connectivity index (χ0) is 29.4. The van der Waals surface area contributed by atoms with Gasteiger partial charge in [0.25, 0.3) is 0 Å². The van der Waals surface area contributed by atoms with Crippen molar-refractivity contribution in [3.05, 3.63) is 71.8 Å². The molecule has 41 heavy (non-hydrogen) atoms. The van der Waals surface area contributed by atoms with Crippen molar-refractivity contribution >= 4 is 43.8 Å². The van der Waals surface area contributed by atoms with Crippen molar-refractivity contribution in [1.29, 1.82) is 0 Å².